The second-order valence-corrected chi connectivity index (χ2v) is 7.23. The van der Waals surface area contributed by atoms with E-state index in [0.29, 0.717) is 6.42 Å². The Morgan fingerprint density at radius 1 is 1.21 bits per heavy atom. The number of nitrogens with zero attached hydrogens (tertiary/aromatic N) is 1. The van der Waals surface area contributed by atoms with Gasteiger partial charge in [0.25, 0.3) is 0 Å². The average Bonchev–Trinajstić information content (AvgIpc) is 2.92. The summed E-state index contributed by atoms with van der Waals surface area (Å²) in [6.45, 7) is 1.95. The highest BCUT2D eigenvalue weighted by atomic mass is 35.5. The molecule has 1 aliphatic carbocycles. The molecule has 2 aliphatic rings. The Balaban J connectivity index is 0.00000140. The zero-order valence-electron chi connectivity index (χ0n) is 15.9. The SMILES string of the molecule is CO[C@H]1[C@H](NC(=O)Cc2cccnc2)c2ccccc2C12CCNCC2.Cl.Cl. The van der Waals surface area contributed by atoms with Crippen molar-refractivity contribution < 1.29 is 9.53 Å². The van der Waals surface area contributed by atoms with E-state index in [-0.39, 0.29) is 48.3 Å². The van der Waals surface area contributed by atoms with Crippen LogP contribution in [0.25, 0.3) is 0 Å². The van der Waals surface area contributed by atoms with Crippen molar-refractivity contribution in [3.63, 3.8) is 0 Å². The number of carbonyl (C=O) groups excluding carboxylic acids is 1. The summed E-state index contributed by atoms with van der Waals surface area (Å²) < 4.78 is 6.00. The molecule has 5 nitrogen and oxygen atoms in total. The Morgan fingerprint density at radius 3 is 2.64 bits per heavy atom. The zero-order valence-corrected chi connectivity index (χ0v) is 17.5. The number of hydrogen-bond donors (Lipinski definition) is 2. The Morgan fingerprint density at radius 2 is 1.96 bits per heavy atom. The van der Waals surface area contributed by atoms with Crippen LogP contribution in [0.5, 0.6) is 0 Å². The number of nitrogens with one attached hydrogen (secondary N) is 2. The highest BCUT2D eigenvalue weighted by molar-refractivity contribution is 5.85. The molecule has 2 heterocycles. The number of ether oxygens (including phenoxy) is 1. The maximum absolute atomic E-state index is 12.7. The highest BCUT2D eigenvalue weighted by Crippen LogP contribution is 2.51. The van der Waals surface area contributed by atoms with E-state index in [2.05, 4.69) is 33.8 Å². The number of halogens is 2. The molecule has 28 heavy (non-hydrogen) atoms. The number of benzene rings is 1. The van der Waals surface area contributed by atoms with Gasteiger partial charge < -0.3 is 15.4 Å². The molecule has 2 N–H and O–H groups in total. The Bertz CT molecular complexity index is 782. The molecule has 1 aliphatic heterocycles. The Hall–Kier alpha value is -1.66. The summed E-state index contributed by atoms with van der Waals surface area (Å²) in [6.07, 6.45) is 5.80. The molecular weight excluding hydrogens is 397 g/mol. The summed E-state index contributed by atoms with van der Waals surface area (Å²) >= 11 is 0. The minimum absolute atomic E-state index is 0. The Labute approximate surface area is 178 Å². The van der Waals surface area contributed by atoms with Crippen LogP contribution in [-0.2, 0) is 21.4 Å². The zero-order chi connectivity index (χ0) is 18.0. The molecule has 1 aromatic carbocycles. The highest BCUT2D eigenvalue weighted by Gasteiger charge is 2.53. The van der Waals surface area contributed by atoms with Gasteiger partial charge in [-0.05, 0) is 48.7 Å². The predicted octanol–water partition coefficient (Wildman–Crippen LogP) is 2.98. The van der Waals surface area contributed by atoms with Gasteiger partial charge >= 0.3 is 0 Å². The molecule has 152 valence electrons. The first-order valence-corrected chi connectivity index (χ1v) is 9.26. The number of carbonyl (C=O) groups is 1. The van der Waals surface area contributed by atoms with Gasteiger partial charge in [-0.1, -0.05) is 30.3 Å². The number of rotatable bonds is 4. The minimum atomic E-state index is -0.113. The molecule has 1 aromatic heterocycles. The minimum Gasteiger partial charge on any atom is -0.378 e. The van der Waals surface area contributed by atoms with Crippen LogP contribution in [0.3, 0.4) is 0 Å². The van der Waals surface area contributed by atoms with Crippen molar-refractivity contribution in [2.24, 2.45) is 0 Å². The monoisotopic (exact) mass is 423 g/mol. The maximum Gasteiger partial charge on any atom is 0.225 e. The molecule has 0 unspecified atom stereocenters. The standard InChI is InChI=1S/C21H25N3O2.2ClH/c1-26-20-19(24-18(25)13-15-5-4-10-23-14-15)16-6-2-3-7-17(16)21(20)8-11-22-12-9-21;;/h2-7,10,14,19-20,22H,8-9,11-13H2,1H3,(H,24,25);2*1H/t19-,20+;;/m1../s1. The molecule has 7 heteroatoms. The fourth-order valence-corrected chi connectivity index (χ4v) is 4.71. The fraction of sp³-hybridized carbons (Fsp3) is 0.429. The lowest BCUT2D eigenvalue weighted by molar-refractivity contribution is -0.122. The second-order valence-electron chi connectivity index (χ2n) is 7.23. The topological polar surface area (TPSA) is 63.2 Å². The van der Waals surface area contributed by atoms with Crippen LogP contribution >= 0.6 is 24.8 Å². The van der Waals surface area contributed by atoms with E-state index in [1.165, 1.54) is 11.1 Å². The van der Waals surface area contributed by atoms with E-state index in [9.17, 15) is 4.79 Å². The van der Waals surface area contributed by atoms with E-state index in [0.717, 1.165) is 31.5 Å². The van der Waals surface area contributed by atoms with Gasteiger partial charge in [-0.15, -0.1) is 24.8 Å². The first-order valence-electron chi connectivity index (χ1n) is 9.26. The molecule has 0 saturated carbocycles. The van der Waals surface area contributed by atoms with Gasteiger partial charge in [0, 0.05) is 24.9 Å². The fourth-order valence-electron chi connectivity index (χ4n) is 4.71. The third-order valence-corrected chi connectivity index (χ3v) is 5.83. The first-order chi connectivity index (χ1) is 12.7. The van der Waals surface area contributed by atoms with Gasteiger partial charge in [-0.25, -0.2) is 0 Å². The largest absolute Gasteiger partial charge is 0.378 e. The summed E-state index contributed by atoms with van der Waals surface area (Å²) in [5, 5.41) is 6.69. The van der Waals surface area contributed by atoms with E-state index >= 15 is 0 Å². The molecule has 1 amide bonds. The smallest absolute Gasteiger partial charge is 0.225 e. The Kier molecular flexibility index (Phi) is 7.84. The number of aromatic nitrogens is 1. The summed E-state index contributed by atoms with van der Waals surface area (Å²) in [5.41, 5.74) is 3.42. The number of fused-ring (bicyclic) bond motifs is 2. The molecule has 1 fully saturated rings. The van der Waals surface area contributed by atoms with Crippen LogP contribution in [-0.4, -0.2) is 37.2 Å². The number of methoxy groups -OCH3 is 1. The molecular formula is C21H27Cl2N3O2. The quantitative estimate of drug-likeness (QED) is 0.793. The molecule has 2 atom stereocenters. The average molecular weight is 424 g/mol. The number of amides is 1. The molecule has 2 aromatic rings. The third kappa shape index (κ3) is 4.03. The van der Waals surface area contributed by atoms with Gasteiger partial charge in [0.15, 0.2) is 0 Å². The predicted molar refractivity (Wildman–Crippen MR) is 114 cm³/mol. The van der Waals surface area contributed by atoms with Crippen LogP contribution < -0.4 is 10.6 Å². The number of pyridine rings is 1. The van der Waals surface area contributed by atoms with Crippen molar-refractivity contribution in [2.75, 3.05) is 20.2 Å². The van der Waals surface area contributed by atoms with E-state index < -0.39 is 0 Å². The molecule has 1 spiro atoms. The van der Waals surface area contributed by atoms with Crippen molar-refractivity contribution in [3.05, 3.63) is 65.5 Å². The lowest BCUT2D eigenvalue weighted by atomic mass is 9.72. The van der Waals surface area contributed by atoms with Gasteiger partial charge in [0.1, 0.15) is 0 Å². The molecule has 4 rings (SSSR count). The molecule has 0 bridgehead atoms. The third-order valence-electron chi connectivity index (χ3n) is 5.83. The second kappa shape index (κ2) is 9.70. The molecule has 1 saturated heterocycles. The lowest BCUT2D eigenvalue weighted by Crippen LogP contribution is -2.49. The van der Waals surface area contributed by atoms with Gasteiger partial charge in [0.05, 0.1) is 18.6 Å². The van der Waals surface area contributed by atoms with Crippen LogP contribution in [0.4, 0.5) is 0 Å². The van der Waals surface area contributed by atoms with Crippen molar-refractivity contribution in [1.29, 1.82) is 0 Å². The maximum atomic E-state index is 12.7. The molecule has 0 radical (unpaired) electrons. The van der Waals surface area contributed by atoms with Crippen LogP contribution in [0.15, 0.2) is 48.8 Å². The van der Waals surface area contributed by atoms with E-state index in [1.807, 2.05) is 18.2 Å². The normalized spacial score (nSPS) is 21.9. The van der Waals surface area contributed by atoms with Crippen molar-refractivity contribution in [1.82, 2.24) is 15.6 Å². The van der Waals surface area contributed by atoms with Crippen LogP contribution in [0, 0.1) is 0 Å². The summed E-state index contributed by atoms with van der Waals surface area (Å²) in [6, 6.07) is 12.2. The lowest BCUT2D eigenvalue weighted by Gasteiger charge is -2.40. The van der Waals surface area contributed by atoms with Crippen molar-refractivity contribution >= 4 is 30.7 Å². The van der Waals surface area contributed by atoms with Gasteiger partial charge in [-0.2, -0.15) is 0 Å². The van der Waals surface area contributed by atoms with Gasteiger partial charge in [0.2, 0.25) is 5.91 Å². The van der Waals surface area contributed by atoms with Crippen LogP contribution in [0.2, 0.25) is 0 Å². The van der Waals surface area contributed by atoms with Gasteiger partial charge in [-0.3, -0.25) is 9.78 Å². The summed E-state index contributed by atoms with van der Waals surface area (Å²) in [4.78, 5) is 16.8. The van der Waals surface area contributed by atoms with E-state index in [4.69, 9.17) is 4.74 Å². The van der Waals surface area contributed by atoms with E-state index in [1.54, 1.807) is 19.5 Å². The first kappa shape index (κ1) is 22.6. The summed E-state index contributed by atoms with van der Waals surface area (Å²) in [7, 11) is 1.76. The van der Waals surface area contributed by atoms with Crippen molar-refractivity contribution in [3.8, 4) is 0 Å². The number of piperidine rings is 1. The summed E-state index contributed by atoms with van der Waals surface area (Å²) in [5.74, 6) is 0.00541. The van der Waals surface area contributed by atoms with Crippen molar-refractivity contribution in [2.45, 2.75) is 36.8 Å². The number of hydrogen-bond acceptors (Lipinski definition) is 4. The van der Waals surface area contributed by atoms with Crippen LogP contribution in [0.1, 0.15) is 35.6 Å².